The topological polar surface area (TPSA) is 58.9 Å². The highest BCUT2D eigenvalue weighted by Gasteiger charge is 2.11. The molecule has 0 aliphatic heterocycles. The van der Waals surface area contributed by atoms with Crippen molar-refractivity contribution in [3.8, 4) is 0 Å². The Morgan fingerprint density at radius 3 is 1.95 bits per heavy atom. The summed E-state index contributed by atoms with van der Waals surface area (Å²) < 4.78 is 0. The van der Waals surface area contributed by atoms with E-state index in [9.17, 15) is 9.59 Å². The van der Waals surface area contributed by atoms with Crippen LogP contribution in [-0.4, -0.2) is 12.2 Å². The van der Waals surface area contributed by atoms with E-state index in [1.807, 2.05) is 24.3 Å². The van der Waals surface area contributed by atoms with Gasteiger partial charge in [0.15, 0.2) is 0 Å². The second kappa shape index (κ2) is 7.32. The molecule has 0 atom stereocenters. The minimum absolute atomic E-state index is 0.377. The fourth-order valence-electron chi connectivity index (χ4n) is 2.10. The lowest BCUT2D eigenvalue weighted by atomic mass is 9.98. The Kier molecular flexibility index (Phi) is 5.19. The number of aliphatic imine (C=N–C) groups is 2. The minimum atomic E-state index is 0.377. The molecule has 0 aliphatic rings. The molecule has 0 aromatic heterocycles. The van der Waals surface area contributed by atoms with Crippen LogP contribution < -0.4 is 0 Å². The summed E-state index contributed by atoms with van der Waals surface area (Å²) in [4.78, 5) is 28.4. The Morgan fingerprint density at radius 2 is 1.43 bits per heavy atom. The Morgan fingerprint density at radius 1 is 0.857 bits per heavy atom. The van der Waals surface area contributed by atoms with Crippen LogP contribution in [0.15, 0.2) is 52.4 Å². The van der Waals surface area contributed by atoms with Crippen molar-refractivity contribution in [2.75, 3.05) is 0 Å². The van der Waals surface area contributed by atoms with E-state index in [-0.39, 0.29) is 0 Å². The van der Waals surface area contributed by atoms with E-state index in [1.165, 1.54) is 12.2 Å². The Labute approximate surface area is 126 Å². The van der Waals surface area contributed by atoms with Crippen molar-refractivity contribution in [3.63, 3.8) is 0 Å². The van der Waals surface area contributed by atoms with Gasteiger partial charge in [-0.15, -0.1) is 11.6 Å². The molecule has 0 saturated heterocycles. The molecule has 21 heavy (non-hydrogen) atoms. The molecule has 2 aromatic carbocycles. The van der Waals surface area contributed by atoms with Gasteiger partial charge in [0.05, 0.1) is 11.4 Å². The number of rotatable bonds is 5. The van der Waals surface area contributed by atoms with Crippen molar-refractivity contribution >= 4 is 35.1 Å². The van der Waals surface area contributed by atoms with Crippen molar-refractivity contribution in [1.82, 2.24) is 0 Å². The summed E-state index contributed by atoms with van der Waals surface area (Å²) in [6.07, 6.45) is 3.50. The van der Waals surface area contributed by atoms with Crippen molar-refractivity contribution in [3.05, 3.63) is 59.2 Å². The van der Waals surface area contributed by atoms with Crippen LogP contribution in [0.4, 0.5) is 11.4 Å². The largest absolute Gasteiger partial charge is 0.240 e. The molecule has 0 heterocycles. The lowest BCUT2D eigenvalue weighted by Crippen LogP contribution is -1.94. The molecule has 0 saturated carbocycles. The smallest absolute Gasteiger partial charge is 0.211 e. The molecule has 104 valence electrons. The first-order valence-electron chi connectivity index (χ1n) is 6.20. The first-order chi connectivity index (χ1) is 10.3. The van der Waals surface area contributed by atoms with E-state index in [4.69, 9.17) is 11.6 Å². The van der Waals surface area contributed by atoms with E-state index < -0.39 is 0 Å². The number of halogens is 1. The van der Waals surface area contributed by atoms with Crippen LogP contribution >= 0.6 is 11.6 Å². The molecular formula is C16H11ClN2O2. The highest BCUT2D eigenvalue weighted by Crippen LogP contribution is 2.31. The Balaban J connectivity index is 2.56. The first kappa shape index (κ1) is 14.9. The molecule has 5 heteroatoms. The van der Waals surface area contributed by atoms with Gasteiger partial charge in [-0.3, -0.25) is 0 Å². The molecule has 0 aliphatic carbocycles. The molecule has 2 aromatic rings. The zero-order chi connectivity index (χ0) is 15.1. The molecule has 0 bridgehead atoms. The van der Waals surface area contributed by atoms with E-state index >= 15 is 0 Å². The van der Waals surface area contributed by atoms with Gasteiger partial charge in [-0.1, -0.05) is 30.3 Å². The highest BCUT2D eigenvalue weighted by atomic mass is 35.5. The summed E-state index contributed by atoms with van der Waals surface area (Å²) in [7, 11) is 0. The van der Waals surface area contributed by atoms with Gasteiger partial charge in [0.2, 0.25) is 12.2 Å². The number of isocyanates is 2. The van der Waals surface area contributed by atoms with Gasteiger partial charge in [0.25, 0.3) is 0 Å². The Bertz CT molecular complexity index is 709. The van der Waals surface area contributed by atoms with E-state index in [1.54, 1.807) is 18.2 Å². The van der Waals surface area contributed by atoms with Crippen molar-refractivity contribution < 1.29 is 9.59 Å². The van der Waals surface area contributed by atoms with E-state index in [0.29, 0.717) is 29.2 Å². The van der Waals surface area contributed by atoms with Gasteiger partial charge in [0.1, 0.15) is 0 Å². The second-order valence-corrected chi connectivity index (χ2v) is 4.53. The van der Waals surface area contributed by atoms with E-state index in [0.717, 1.165) is 11.1 Å². The van der Waals surface area contributed by atoms with Gasteiger partial charge >= 0.3 is 0 Å². The van der Waals surface area contributed by atoms with Gasteiger partial charge in [-0.25, -0.2) is 9.59 Å². The third-order valence-corrected chi connectivity index (χ3v) is 3.38. The quantitative estimate of drug-likeness (QED) is 0.477. The van der Waals surface area contributed by atoms with Crippen LogP contribution in [0.1, 0.15) is 16.7 Å². The highest BCUT2D eigenvalue weighted by molar-refractivity contribution is 6.17. The molecule has 0 unspecified atom stereocenters. The third-order valence-electron chi connectivity index (χ3n) is 3.09. The zero-order valence-corrected chi connectivity index (χ0v) is 11.8. The Hall–Kier alpha value is -2.51. The number of hydrogen-bond acceptors (Lipinski definition) is 4. The van der Waals surface area contributed by atoms with Crippen molar-refractivity contribution in [1.29, 1.82) is 0 Å². The van der Waals surface area contributed by atoms with E-state index in [2.05, 4.69) is 9.98 Å². The summed E-state index contributed by atoms with van der Waals surface area (Å²) in [5.74, 6) is 0.377. The molecular weight excluding hydrogens is 288 g/mol. The van der Waals surface area contributed by atoms with Crippen LogP contribution in [0, 0.1) is 0 Å². The first-order valence-corrected chi connectivity index (χ1v) is 6.74. The fraction of sp³-hybridized carbons (Fsp3) is 0.125. The van der Waals surface area contributed by atoms with Crippen LogP contribution in [0.3, 0.4) is 0 Å². The summed E-state index contributed by atoms with van der Waals surface area (Å²) >= 11 is 5.93. The van der Waals surface area contributed by atoms with Gasteiger partial charge in [-0.2, -0.15) is 9.98 Å². The average molecular weight is 299 g/mol. The summed E-state index contributed by atoms with van der Waals surface area (Å²) in [5.41, 5.74) is 3.51. The normalized spacial score (nSPS) is 9.57. The zero-order valence-electron chi connectivity index (χ0n) is 11.0. The molecule has 2 rings (SSSR count). The second-order valence-electron chi connectivity index (χ2n) is 4.26. The number of benzene rings is 2. The molecule has 0 spiro atoms. The van der Waals surface area contributed by atoms with Gasteiger partial charge in [0, 0.05) is 17.9 Å². The lowest BCUT2D eigenvalue weighted by Gasteiger charge is -2.10. The minimum Gasteiger partial charge on any atom is -0.211 e. The van der Waals surface area contributed by atoms with Crippen molar-refractivity contribution in [2.45, 2.75) is 12.3 Å². The predicted octanol–water partition coefficient (Wildman–Crippen LogP) is 3.95. The van der Waals surface area contributed by atoms with Crippen LogP contribution in [0.25, 0.3) is 0 Å². The summed E-state index contributed by atoms with van der Waals surface area (Å²) in [6, 6.07) is 12.7. The number of alkyl halides is 1. The SMILES string of the molecule is O=C=Nc1cccc(N=C=O)c1Cc1ccccc1CCl. The average Bonchev–Trinajstić information content (AvgIpc) is 2.51. The van der Waals surface area contributed by atoms with Gasteiger partial charge < -0.3 is 0 Å². The van der Waals surface area contributed by atoms with Crippen LogP contribution in [0.2, 0.25) is 0 Å². The lowest BCUT2D eigenvalue weighted by molar-refractivity contribution is 0.565. The number of nitrogens with zero attached hydrogens (tertiary/aromatic N) is 2. The fourth-order valence-corrected chi connectivity index (χ4v) is 2.36. The predicted molar refractivity (Wildman–Crippen MR) is 80.8 cm³/mol. The van der Waals surface area contributed by atoms with Crippen molar-refractivity contribution in [2.24, 2.45) is 9.98 Å². The van der Waals surface area contributed by atoms with Crippen LogP contribution in [0.5, 0.6) is 0 Å². The number of hydrogen-bond donors (Lipinski definition) is 0. The van der Waals surface area contributed by atoms with Gasteiger partial charge in [-0.05, 0) is 23.3 Å². The molecule has 0 N–H and O–H groups in total. The maximum absolute atomic E-state index is 10.6. The standard InChI is InChI=1S/C16H11ClN2O2/c17-9-13-5-2-1-4-12(13)8-14-15(18-10-20)6-3-7-16(14)19-11-21/h1-7H,8-9H2. The monoisotopic (exact) mass is 298 g/mol. The summed E-state index contributed by atoms with van der Waals surface area (Å²) in [5, 5.41) is 0. The van der Waals surface area contributed by atoms with Crippen LogP contribution in [-0.2, 0) is 21.9 Å². The maximum Gasteiger partial charge on any atom is 0.240 e. The number of carbonyl (C=O) groups excluding carboxylic acids is 2. The molecule has 4 nitrogen and oxygen atoms in total. The molecule has 0 radical (unpaired) electrons. The third kappa shape index (κ3) is 3.53. The summed E-state index contributed by atoms with van der Waals surface area (Å²) in [6.45, 7) is 0. The molecule has 0 fully saturated rings. The molecule has 0 amide bonds. The maximum atomic E-state index is 10.6.